The number of nitrogens with one attached hydrogen (secondary N) is 2. The SMILES string of the molecule is CCOC(=O)CCc1nc(NCc2c(C)cc(C(=N)N)cc2C)cc(OCc2cn3cc(C4CC4)ccc3n2)n1.O. The van der Waals surface area contributed by atoms with Gasteiger partial charge >= 0.3 is 5.97 Å². The molecular formula is C30H37N7O4. The molecule has 11 heteroatoms. The van der Waals surface area contributed by atoms with Crippen LogP contribution in [0.25, 0.3) is 5.65 Å². The Morgan fingerprint density at radius 2 is 1.88 bits per heavy atom. The minimum atomic E-state index is -0.293. The monoisotopic (exact) mass is 559 g/mol. The van der Waals surface area contributed by atoms with E-state index in [9.17, 15) is 4.79 Å². The normalized spacial score (nSPS) is 12.6. The van der Waals surface area contributed by atoms with Crippen molar-refractivity contribution in [2.24, 2.45) is 5.73 Å². The molecule has 5 rings (SSSR count). The lowest BCUT2D eigenvalue weighted by Gasteiger charge is -2.15. The van der Waals surface area contributed by atoms with Crippen LogP contribution in [0.2, 0.25) is 0 Å². The van der Waals surface area contributed by atoms with Gasteiger partial charge in [-0.1, -0.05) is 6.07 Å². The molecule has 3 heterocycles. The van der Waals surface area contributed by atoms with Crippen LogP contribution in [0.4, 0.5) is 5.82 Å². The molecule has 1 saturated carbocycles. The Balaban J connectivity index is 0.00000387. The number of carbonyl (C=O) groups excluding carboxylic acids is 1. The van der Waals surface area contributed by atoms with Gasteiger partial charge in [-0.15, -0.1) is 0 Å². The molecule has 1 aliphatic rings. The molecule has 6 N–H and O–H groups in total. The molecule has 0 bridgehead atoms. The molecule has 1 aliphatic carbocycles. The lowest BCUT2D eigenvalue weighted by atomic mass is 9.99. The van der Waals surface area contributed by atoms with Crippen LogP contribution in [0.5, 0.6) is 5.88 Å². The van der Waals surface area contributed by atoms with Crippen molar-refractivity contribution in [2.45, 2.75) is 65.5 Å². The summed E-state index contributed by atoms with van der Waals surface area (Å²) in [4.78, 5) is 25.8. The van der Waals surface area contributed by atoms with Crippen LogP contribution in [-0.4, -0.2) is 43.2 Å². The molecule has 0 aliphatic heterocycles. The van der Waals surface area contributed by atoms with Crippen LogP contribution in [0.15, 0.2) is 42.7 Å². The summed E-state index contributed by atoms with van der Waals surface area (Å²) >= 11 is 0. The number of carbonyl (C=O) groups is 1. The third kappa shape index (κ3) is 7.37. The van der Waals surface area contributed by atoms with E-state index < -0.39 is 0 Å². The van der Waals surface area contributed by atoms with Gasteiger partial charge in [0.1, 0.15) is 29.7 Å². The maximum atomic E-state index is 12.0. The quantitative estimate of drug-likeness (QED) is 0.134. The van der Waals surface area contributed by atoms with Crippen molar-refractivity contribution < 1.29 is 19.7 Å². The molecule has 3 aromatic heterocycles. The van der Waals surface area contributed by atoms with E-state index in [1.165, 1.54) is 18.4 Å². The largest absolute Gasteiger partial charge is 0.471 e. The number of fused-ring (bicyclic) bond motifs is 1. The Labute approximate surface area is 239 Å². The molecule has 216 valence electrons. The van der Waals surface area contributed by atoms with Gasteiger partial charge in [0.2, 0.25) is 5.88 Å². The summed E-state index contributed by atoms with van der Waals surface area (Å²) in [6, 6.07) is 9.77. The van der Waals surface area contributed by atoms with Gasteiger partial charge in [0.25, 0.3) is 0 Å². The fourth-order valence-electron chi connectivity index (χ4n) is 4.74. The number of rotatable bonds is 12. The van der Waals surface area contributed by atoms with Crippen molar-refractivity contribution in [3.63, 3.8) is 0 Å². The number of aromatic nitrogens is 4. The number of ether oxygens (including phenoxy) is 2. The van der Waals surface area contributed by atoms with Crippen molar-refractivity contribution >= 4 is 23.3 Å². The van der Waals surface area contributed by atoms with E-state index in [2.05, 4.69) is 32.5 Å². The average Bonchev–Trinajstić information content (AvgIpc) is 3.69. The number of amidine groups is 1. The van der Waals surface area contributed by atoms with Crippen molar-refractivity contribution in [2.75, 3.05) is 11.9 Å². The average molecular weight is 560 g/mol. The predicted octanol–water partition coefficient (Wildman–Crippen LogP) is 3.76. The smallest absolute Gasteiger partial charge is 0.306 e. The second-order valence-corrected chi connectivity index (χ2v) is 10.2. The number of hydrogen-bond acceptors (Lipinski definition) is 8. The van der Waals surface area contributed by atoms with Crippen LogP contribution >= 0.6 is 0 Å². The van der Waals surface area contributed by atoms with E-state index in [0.29, 0.717) is 48.6 Å². The zero-order chi connectivity index (χ0) is 28.2. The van der Waals surface area contributed by atoms with Gasteiger partial charge in [-0.25, -0.2) is 9.97 Å². The summed E-state index contributed by atoms with van der Waals surface area (Å²) in [5.74, 6) is 1.89. The van der Waals surface area contributed by atoms with Gasteiger partial charge in [-0.2, -0.15) is 4.98 Å². The molecule has 0 unspecified atom stereocenters. The number of esters is 1. The standard InChI is InChI=1S/C30H35N7O3.H2O/c1-4-39-29(38)10-8-25-35-26(33-14-24-18(2)11-22(30(31)32)12-19(24)3)13-28(36-25)40-17-23-16-37-15-21(20-5-6-20)7-9-27(37)34-23;/h7,9,11-13,15-16,20H,4-6,8,10,14,17H2,1-3H3,(H3,31,32)(H,33,35,36);1H2. The number of anilines is 1. The zero-order valence-electron chi connectivity index (χ0n) is 23.7. The molecule has 1 aromatic carbocycles. The summed E-state index contributed by atoms with van der Waals surface area (Å²) in [6.45, 7) is 6.87. The fourth-order valence-corrected chi connectivity index (χ4v) is 4.74. The van der Waals surface area contributed by atoms with Crippen LogP contribution in [0, 0.1) is 19.3 Å². The van der Waals surface area contributed by atoms with E-state index in [1.54, 1.807) is 13.0 Å². The van der Waals surface area contributed by atoms with Crippen molar-refractivity contribution in [3.8, 4) is 5.88 Å². The van der Waals surface area contributed by atoms with Crippen LogP contribution < -0.4 is 15.8 Å². The summed E-state index contributed by atoms with van der Waals surface area (Å²) < 4.78 is 13.2. The fraction of sp³-hybridized carbons (Fsp3) is 0.367. The number of nitrogen functional groups attached to an aromatic ring is 1. The number of aryl methyl sites for hydroxylation is 3. The molecule has 0 atom stereocenters. The zero-order valence-corrected chi connectivity index (χ0v) is 23.7. The van der Waals surface area contributed by atoms with Crippen LogP contribution in [-0.2, 0) is 29.1 Å². The Bertz CT molecular complexity index is 1540. The number of nitrogens with zero attached hydrogens (tertiary/aromatic N) is 4. The maximum Gasteiger partial charge on any atom is 0.306 e. The Morgan fingerprint density at radius 1 is 1.12 bits per heavy atom. The van der Waals surface area contributed by atoms with Crippen molar-refractivity contribution in [3.05, 3.63) is 82.1 Å². The molecule has 1 fully saturated rings. The first kappa shape index (κ1) is 29.5. The minimum absolute atomic E-state index is 0. The van der Waals surface area contributed by atoms with Gasteiger partial charge in [-0.3, -0.25) is 10.2 Å². The van der Waals surface area contributed by atoms with Crippen molar-refractivity contribution in [1.29, 1.82) is 5.41 Å². The van der Waals surface area contributed by atoms with E-state index >= 15 is 0 Å². The van der Waals surface area contributed by atoms with Crippen LogP contribution in [0.3, 0.4) is 0 Å². The summed E-state index contributed by atoms with van der Waals surface area (Å²) in [5, 5.41) is 11.1. The Kier molecular flexibility index (Phi) is 9.18. The highest BCUT2D eigenvalue weighted by Crippen LogP contribution is 2.39. The van der Waals surface area contributed by atoms with E-state index in [1.807, 2.05) is 42.6 Å². The number of hydrogen-bond donors (Lipinski definition) is 3. The number of imidazole rings is 1. The van der Waals surface area contributed by atoms with Gasteiger partial charge in [-0.05, 0) is 80.0 Å². The first-order chi connectivity index (χ1) is 19.3. The number of pyridine rings is 1. The lowest BCUT2D eigenvalue weighted by molar-refractivity contribution is -0.143. The molecule has 0 saturated heterocycles. The number of benzene rings is 1. The molecule has 0 spiro atoms. The molecule has 4 aromatic rings. The van der Waals surface area contributed by atoms with E-state index in [-0.39, 0.29) is 30.3 Å². The summed E-state index contributed by atoms with van der Waals surface area (Å²) in [6.07, 6.45) is 7.14. The highest BCUT2D eigenvalue weighted by atomic mass is 16.5. The van der Waals surface area contributed by atoms with Gasteiger partial charge < -0.3 is 30.4 Å². The van der Waals surface area contributed by atoms with Crippen molar-refractivity contribution in [1.82, 2.24) is 19.4 Å². The third-order valence-electron chi connectivity index (χ3n) is 7.00. The van der Waals surface area contributed by atoms with Gasteiger partial charge in [0.15, 0.2) is 0 Å². The van der Waals surface area contributed by atoms with Gasteiger partial charge in [0.05, 0.1) is 18.7 Å². The third-order valence-corrected chi connectivity index (χ3v) is 7.00. The highest BCUT2D eigenvalue weighted by molar-refractivity contribution is 5.95. The molecular weight excluding hydrogens is 522 g/mol. The maximum absolute atomic E-state index is 12.0. The first-order valence-corrected chi connectivity index (χ1v) is 13.6. The van der Waals surface area contributed by atoms with E-state index in [4.69, 9.17) is 20.6 Å². The Morgan fingerprint density at radius 3 is 2.56 bits per heavy atom. The van der Waals surface area contributed by atoms with Crippen LogP contribution in [0.1, 0.15) is 71.4 Å². The second kappa shape index (κ2) is 12.8. The molecule has 41 heavy (non-hydrogen) atoms. The predicted molar refractivity (Wildman–Crippen MR) is 156 cm³/mol. The summed E-state index contributed by atoms with van der Waals surface area (Å²) in [5.41, 5.74) is 12.6. The Hall–Kier alpha value is -4.51. The summed E-state index contributed by atoms with van der Waals surface area (Å²) in [7, 11) is 0. The molecule has 0 amide bonds. The lowest BCUT2D eigenvalue weighted by Crippen LogP contribution is -2.14. The first-order valence-electron chi connectivity index (χ1n) is 13.6. The topological polar surface area (TPSA) is 172 Å². The number of nitrogens with two attached hydrogens (primary N) is 1. The highest BCUT2D eigenvalue weighted by Gasteiger charge is 2.23. The molecule has 11 nitrogen and oxygen atoms in total. The van der Waals surface area contributed by atoms with Gasteiger partial charge in [0, 0.05) is 37.0 Å². The van der Waals surface area contributed by atoms with E-state index in [0.717, 1.165) is 28.0 Å². The second-order valence-electron chi connectivity index (χ2n) is 10.2. The molecule has 0 radical (unpaired) electrons. The minimum Gasteiger partial charge on any atom is -0.471 e.